The van der Waals surface area contributed by atoms with Gasteiger partial charge in [0.2, 0.25) is 10.0 Å². The van der Waals surface area contributed by atoms with Crippen molar-refractivity contribution in [2.24, 2.45) is 0 Å². The molecule has 1 heterocycles. The number of nitrogens with two attached hydrogens (primary N) is 1. The minimum Gasteiger partial charge on any atom is -0.399 e. The molecule has 0 aliphatic rings. The van der Waals surface area contributed by atoms with Crippen LogP contribution in [0.3, 0.4) is 0 Å². The van der Waals surface area contributed by atoms with E-state index in [0.29, 0.717) is 14.5 Å². The summed E-state index contributed by atoms with van der Waals surface area (Å²) >= 11 is 10.1. The smallest absolute Gasteiger partial charge is 0.250 e. The summed E-state index contributed by atoms with van der Waals surface area (Å²) in [7, 11) is -3.56. The zero-order valence-corrected chi connectivity index (χ0v) is 13.5. The Morgan fingerprint density at radius 3 is 2.68 bits per heavy atom. The van der Waals surface area contributed by atoms with Crippen molar-refractivity contribution >= 4 is 54.6 Å². The normalized spacial score (nSPS) is 11.7. The van der Waals surface area contributed by atoms with Gasteiger partial charge in [0.05, 0.1) is 8.81 Å². The first-order chi connectivity index (χ1) is 8.88. The van der Waals surface area contributed by atoms with Crippen molar-refractivity contribution in [3.05, 3.63) is 44.7 Å². The van der Waals surface area contributed by atoms with Crippen molar-refractivity contribution < 1.29 is 8.42 Å². The van der Waals surface area contributed by atoms with E-state index in [4.69, 9.17) is 17.3 Å². The number of sulfonamides is 1. The Morgan fingerprint density at radius 1 is 1.37 bits per heavy atom. The van der Waals surface area contributed by atoms with Crippen LogP contribution >= 0.6 is 38.9 Å². The molecule has 102 valence electrons. The van der Waals surface area contributed by atoms with Crippen LogP contribution in [0, 0.1) is 0 Å². The van der Waals surface area contributed by atoms with E-state index in [2.05, 4.69) is 20.7 Å². The van der Waals surface area contributed by atoms with E-state index in [9.17, 15) is 8.42 Å². The van der Waals surface area contributed by atoms with Crippen LogP contribution in [-0.4, -0.2) is 8.42 Å². The molecule has 0 saturated carbocycles. The van der Waals surface area contributed by atoms with E-state index in [1.165, 1.54) is 6.07 Å². The summed E-state index contributed by atoms with van der Waals surface area (Å²) in [5, 5.41) is 0.384. The minimum atomic E-state index is -3.56. The maximum atomic E-state index is 12.0. The van der Waals surface area contributed by atoms with Gasteiger partial charge in [0.15, 0.2) is 0 Å². The van der Waals surface area contributed by atoms with Gasteiger partial charge in [0.1, 0.15) is 4.21 Å². The first kappa shape index (κ1) is 14.8. The van der Waals surface area contributed by atoms with Gasteiger partial charge in [0.25, 0.3) is 0 Å². The highest BCUT2D eigenvalue weighted by molar-refractivity contribution is 9.11. The van der Waals surface area contributed by atoms with Gasteiger partial charge in [-0.3, -0.25) is 0 Å². The average molecular weight is 382 g/mol. The molecule has 2 rings (SSSR count). The second-order valence-corrected chi connectivity index (χ2v) is 8.53. The molecule has 0 bridgehead atoms. The van der Waals surface area contributed by atoms with Crippen LogP contribution in [0.5, 0.6) is 0 Å². The van der Waals surface area contributed by atoms with Crippen molar-refractivity contribution in [1.29, 1.82) is 0 Å². The summed E-state index contributed by atoms with van der Waals surface area (Å²) in [5.41, 5.74) is 7.03. The van der Waals surface area contributed by atoms with Gasteiger partial charge in [0, 0.05) is 12.2 Å². The second-order valence-electron chi connectivity index (χ2n) is 3.76. The van der Waals surface area contributed by atoms with Gasteiger partial charge in [-0.15, -0.1) is 11.3 Å². The summed E-state index contributed by atoms with van der Waals surface area (Å²) in [6.07, 6.45) is 0. The Morgan fingerprint density at radius 2 is 2.11 bits per heavy atom. The first-order valence-corrected chi connectivity index (χ1v) is 8.64. The third-order valence-corrected chi connectivity index (χ3v) is 6.65. The fourth-order valence-electron chi connectivity index (χ4n) is 1.41. The lowest BCUT2D eigenvalue weighted by molar-refractivity contribution is 0.583. The predicted molar refractivity (Wildman–Crippen MR) is 81.9 cm³/mol. The van der Waals surface area contributed by atoms with Gasteiger partial charge in [-0.25, -0.2) is 13.1 Å². The largest absolute Gasteiger partial charge is 0.399 e. The first-order valence-electron chi connectivity index (χ1n) is 5.17. The number of benzene rings is 1. The number of rotatable bonds is 4. The topological polar surface area (TPSA) is 72.2 Å². The lowest BCUT2D eigenvalue weighted by atomic mass is 10.2. The lowest BCUT2D eigenvalue weighted by Crippen LogP contribution is -2.22. The molecule has 1 aromatic carbocycles. The van der Waals surface area contributed by atoms with Crippen molar-refractivity contribution in [2.75, 3.05) is 5.73 Å². The number of halogens is 2. The monoisotopic (exact) mass is 380 g/mol. The third kappa shape index (κ3) is 3.70. The lowest BCUT2D eigenvalue weighted by Gasteiger charge is -2.05. The average Bonchev–Trinajstić information content (AvgIpc) is 2.68. The molecule has 0 radical (unpaired) electrons. The van der Waals surface area contributed by atoms with Crippen LogP contribution in [0.25, 0.3) is 0 Å². The predicted octanol–water partition coefficient (Wildman–Crippen LogP) is 3.22. The summed E-state index contributed by atoms with van der Waals surface area (Å²) in [5.74, 6) is 0. The number of anilines is 1. The number of nitrogen functional groups attached to an aromatic ring is 1. The highest BCUT2D eigenvalue weighted by Crippen LogP contribution is 2.34. The fourth-order valence-corrected chi connectivity index (χ4v) is 4.87. The summed E-state index contributed by atoms with van der Waals surface area (Å²) in [6.45, 7) is 0.181. The molecule has 0 unspecified atom stereocenters. The van der Waals surface area contributed by atoms with E-state index in [1.54, 1.807) is 24.3 Å². The fraction of sp³-hybridized carbons (Fsp3) is 0.0909. The Balaban J connectivity index is 2.14. The van der Waals surface area contributed by atoms with Gasteiger partial charge < -0.3 is 5.73 Å². The Labute approximate surface area is 128 Å². The van der Waals surface area contributed by atoms with Gasteiger partial charge in [-0.1, -0.05) is 23.7 Å². The molecular weight excluding hydrogens is 372 g/mol. The van der Waals surface area contributed by atoms with Crippen LogP contribution < -0.4 is 10.5 Å². The molecule has 2 aromatic rings. The van der Waals surface area contributed by atoms with E-state index in [0.717, 1.165) is 16.9 Å². The molecule has 1 aromatic heterocycles. The minimum absolute atomic E-state index is 0.174. The van der Waals surface area contributed by atoms with Crippen molar-refractivity contribution in [3.8, 4) is 0 Å². The maximum absolute atomic E-state index is 12.0. The quantitative estimate of drug-likeness (QED) is 0.799. The molecule has 4 nitrogen and oxygen atoms in total. The molecule has 3 N–H and O–H groups in total. The van der Waals surface area contributed by atoms with Gasteiger partial charge in [-0.2, -0.15) is 0 Å². The van der Waals surface area contributed by atoms with E-state index in [1.807, 2.05) is 0 Å². The Hall–Kier alpha value is -0.600. The maximum Gasteiger partial charge on any atom is 0.250 e. The van der Waals surface area contributed by atoms with E-state index < -0.39 is 10.0 Å². The zero-order valence-electron chi connectivity index (χ0n) is 9.56. The molecule has 8 heteroatoms. The molecule has 0 aliphatic heterocycles. The van der Waals surface area contributed by atoms with Crippen molar-refractivity contribution in [1.82, 2.24) is 4.72 Å². The molecule has 0 saturated heterocycles. The SMILES string of the molecule is Nc1cccc(CNS(=O)(=O)c2cc(Cl)c(Br)s2)c1. The number of thiophene rings is 1. The highest BCUT2D eigenvalue weighted by atomic mass is 79.9. The van der Waals surface area contributed by atoms with Crippen molar-refractivity contribution in [2.45, 2.75) is 10.8 Å². The molecular formula is C11H10BrClN2O2S2. The van der Waals surface area contributed by atoms with Gasteiger partial charge >= 0.3 is 0 Å². The summed E-state index contributed by atoms with van der Waals surface area (Å²) < 4.78 is 27.4. The zero-order chi connectivity index (χ0) is 14.0. The molecule has 19 heavy (non-hydrogen) atoms. The Kier molecular flexibility index (Phi) is 4.52. The van der Waals surface area contributed by atoms with E-state index in [-0.39, 0.29) is 10.8 Å². The molecule has 0 atom stereocenters. The summed E-state index contributed by atoms with van der Waals surface area (Å²) in [4.78, 5) is 0. The van der Waals surface area contributed by atoms with E-state index >= 15 is 0 Å². The van der Waals surface area contributed by atoms with Crippen LogP contribution in [0.1, 0.15) is 5.56 Å². The van der Waals surface area contributed by atoms with Crippen LogP contribution in [-0.2, 0) is 16.6 Å². The van der Waals surface area contributed by atoms with Crippen LogP contribution in [0.2, 0.25) is 5.02 Å². The highest BCUT2D eigenvalue weighted by Gasteiger charge is 2.18. The molecule has 0 spiro atoms. The molecule has 0 amide bonds. The summed E-state index contributed by atoms with van der Waals surface area (Å²) in [6, 6.07) is 8.46. The number of hydrogen-bond donors (Lipinski definition) is 2. The van der Waals surface area contributed by atoms with Crippen molar-refractivity contribution in [3.63, 3.8) is 0 Å². The standard InChI is InChI=1S/C11H10BrClN2O2S2/c12-11-9(13)5-10(18-11)19(16,17)15-6-7-2-1-3-8(14)4-7/h1-5,15H,6,14H2. The number of hydrogen-bond acceptors (Lipinski definition) is 4. The molecule has 0 aliphatic carbocycles. The van der Waals surface area contributed by atoms with Gasteiger partial charge in [-0.05, 0) is 39.7 Å². The van der Waals surface area contributed by atoms with Crippen LogP contribution in [0.4, 0.5) is 5.69 Å². The molecule has 0 fully saturated rings. The Bertz CT molecular complexity index is 681. The second kappa shape index (κ2) is 5.80. The number of nitrogens with one attached hydrogen (secondary N) is 1. The van der Waals surface area contributed by atoms with Crippen LogP contribution in [0.15, 0.2) is 38.3 Å². The third-order valence-electron chi connectivity index (χ3n) is 2.30.